The first-order chi connectivity index (χ1) is 15.2. The number of carbonyl (C=O) groups excluding carboxylic acids is 2. The van der Waals surface area contributed by atoms with Crippen molar-refractivity contribution in [1.82, 2.24) is 4.90 Å². The molecule has 1 aromatic heterocycles. The van der Waals surface area contributed by atoms with Gasteiger partial charge in [-0.1, -0.05) is 30.3 Å². The maximum Gasteiger partial charge on any atom is 0.278 e. The summed E-state index contributed by atoms with van der Waals surface area (Å²) in [4.78, 5) is 31.1. The van der Waals surface area contributed by atoms with Crippen LogP contribution in [0.15, 0.2) is 71.7 Å². The summed E-state index contributed by atoms with van der Waals surface area (Å²) in [6.45, 7) is 2.88. The Balaban J connectivity index is 1.54. The molecule has 3 heterocycles. The molecular formula is C24H20N2O4S. The Morgan fingerprint density at radius 2 is 1.77 bits per heavy atom. The van der Waals surface area contributed by atoms with E-state index in [4.69, 9.17) is 9.47 Å². The zero-order chi connectivity index (χ0) is 21.4. The standard InChI is InChI=1S/C24H20N2O4S/c1-2-25(17-7-4-3-5-8-17)22-21(20-9-6-12-31-20)23(27)26(24(22)28)14-16-10-11-18-19(13-16)30-15-29-18/h3-13H,2,14-15H2,1H3. The molecule has 0 aliphatic carbocycles. The van der Waals surface area contributed by atoms with Crippen molar-refractivity contribution in [2.75, 3.05) is 18.2 Å². The summed E-state index contributed by atoms with van der Waals surface area (Å²) in [7, 11) is 0. The average Bonchev–Trinajstić information content (AvgIpc) is 3.53. The van der Waals surface area contributed by atoms with Crippen molar-refractivity contribution in [2.45, 2.75) is 13.5 Å². The minimum atomic E-state index is -0.295. The van der Waals surface area contributed by atoms with Crippen molar-refractivity contribution < 1.29 is 19.1 Å². The SMILES string of the molecule is CCN(C1=C(c2cccs2)C(=O)N(Cc2ccc3c(c2)OCO3)C1=O)c1ccccc1. The molecule has 31 heavy (non-hydrogen) atoms. The molecule has 156 valence electrons. The zero-order valence-electron chi connectivity index (χ0n) is 16.9. The first-order valence-corrected chi connectivity index (χ1v) is 10.9. The molecular weight excluding hydrogens is 412 g/mol. The average molecular weight is 433 g/mol. The van der Waals surface area contributed by atoms with Gasteiger partial charge in [0.15, 0.2) is 11.5 Å². The monoisotopic (exact) mass is 432 g/mol. The Morgan fingerprint density at radius 1 is 0.968 bits per heavy atom. The lowest BCUT2D eigenvalue weighted by Crippen LogP contribution is -2.34. The van der Waals surface area contributed by atoms with Crippen LogP contribution in [0.5, 0.6) is 11.5 Å². The third-order valence-electron chi connectivity index (χ3n) is 5.34. The van der Waals surface area contributed by atoms with Crippen LogP contribution in [0.3, 0.4) is 0 Å². The smallest absolute Gasteiger partial charge is 0.278 e. The van der Waals surface area contributed by atoms with Crippen LogP contribution < -0.4 is 14.4 Å². The van der Waals surface area contributed by atoms with Gasteiger partial charge in [0.1, 0.15) is 5.70 Å². The molecule has 0 saturated heterocycles. The number of ether oxygens (including phenoxy) is 2. The number of fused-ring (bicyclic) bond motifs is 1. The van der Waals surface area contributed by atoms with Crippen molar-refractivity contribution in [2.24, 2.45) is 0 Å². The molecule has 0 saturated carbocycles. The van der Waals surface area contributed by atoms with E-state index in [0.29, 0.717) is 29.3 Å². The van der Waals surface area contributed by atoms with Gasteiger partial charge in [0.05, 0.1) is 12.1 Å². The van der Waals surface area contributed by atoms with Gasteiger partial charge in [0, 0.05) is 17.1 Å². The number of nitrogens with zero attached hydrogens (tertiary/aromatic N) is 2. The molecule has 3 aromatic rings. The van der Waals surface area contributed by atoms with Gasteiger partial charge in [-0.15, -0.1) is 11.3 Å². The van der Waals surface area contributed by atoms with E-state index in [1.165, 1.54) is 16.2 Å². The summed E-state index contributed by atoms with van der Waals surface area (Å²) >= 11 is 1.46. The fourth-order valence-electron chi connectivity index (χ4n) is 3.90. The fourth-order valence-corrected chi connectivity index (χ4v) is 4.66. The Kier molecular flexibility index (Phi) is 4.95. The number of likely N-dealkylation sites (N-methyl/N-ethyl adjacent to an activating group) is 1. The highest BCUT2D eigenvalue weighted by atomic mass is 32.1. The van der Waals surface area contributed by atoms with Gasteiger partial charge in [-0.25, -0.2) is 0 Å². The van der Waals surface area contributed by atoms with E-state index in [1.54, 1.807) is 6.07 Å². The summed E-state index contributed by atoms with van der Waals surface area (Å²) in [5.41, 5.74) is 2.55. The van der Waals surface area contributed by atoms with Gasteiger partial charge in [-0.05, 0) is 48.2 Å². The number of amides is 2. The van der Waals surface area contributed by atoms with Crippen molar-refractivity contribution >= 4 is 34.4 Å². The van der Waals surface area contributed by atoms with E-state index in [0.717, 1.165) is 16.1 Å². The van der Waals surface area contributed by atoms with Gasteiger partial charge < -0.3 is 14.4 Å². The van der Waals surface area contributed by atoms with Crippen molar-refractivity contribution in [3.63, 3.8) is 0 Å². The van der Waals surface area contributed by atoms with Gasteiger partial charge >= 0.3 is 0 Å². The van der Waals surface area contributed by atoms with E-state index in [2.05, 4.69) is 0 Å². The van der Waals surface area contributed by atoms with Crippen molar-refractivity contribution in [3.05, 3.63) is 82.2 Å². The first-order valence-electron chi connectivity index (χ1n) is 10.0. The first kappa shape index (κ1) is 19.4. The van der Waals surface area contributed by atoms with Gasteiger partial charge in [0.2, 0.25) is 6.79 Å². The number of thiophene rings is 1. The quantitative estimate of drug-likeness (QED) is 0.544. The van der Waals surface area contributed by atoms with Crippen LogP contribution in [0.4, 0.5) is 5.69 Å². The summed E-state index contributed by atoms with van der Waals surface area (Å²) in [6.07, 6.45) is 0. The van der Waals surface area contributed by atoms with Crippen molar-refractivity contribution in [3.8, 4) is 11.5 Å². The Labute approximate surface area is 183 Å². The Morgan fingerprint density at radius 3 is 2.52 bits per heavy atom. The highest BCUT2D eigenvalue weighted by Crippen LogP contribution is 2.38. The second-order valence-electron chi connectivity index (χ2n) is 7.16. The molecule has 5 rings (SSSR count). The van der Waals surface area contributed by atoms with Crippen LogP contribution in [0.25, 0.3) is 5.57 Å². The molecule has 2 aliphatic rings. The van der Waals surface area contributed by atoms with Gasteiger partial charge in [-0.2, -0.15) is 0 Å². The van der Waals surface area contributed by atoms with Crippen LogP contribution >= 0.6 is 11.3 Å². The number of para-hydroxylation sites is 1. The normalized spacial score (nSPS) is 15.2. The zero-order valence-corrected chi connectivity index (χ0v) is 17.7. The minimum Gasteiger partial charge on any atom is -0.454 e. The molecule has 0 atom stereocenters. The Bertz CT molecular complexity index is 1170. The Hall–Kier alpha value is -3.58. The molecule has 7 heteroatoms. The maximum absolute atomic E-state index is 13.6. The lowest BCUT2D eigenvalue weighted by molar-refractivity contribution is -0.137. The molecule has 0 unspecified atom stereocenters. The van der Waals surface area contributed by atoms with Crippen LogP contribution in [0, 0.1) is 0 Å². The molecule has 0 fully saturated rings. The summed E-state index contributed by atoms with van der Waals surface area (Å²) in [5.74, 6) is 0.719. The third-order valence-corrected chi connectivity index (χ3v) is 6.23. The highest BCUT2D eigenvalue weighted by Gasteiger charge is 2.42. The molecule has 0 spiro atoms. The predicted octanol–water partition coefficient (Wildman–Crippen LogP) is 4.28. The number of rotatable bonds is 6. The van der Waals surface area contributed by atoms with E-state index < -0.39 is 0 Å². The largest absolute Gasteiger partial charge is 0.454 e. The van der Waals surface area contributed by atoms with Crippen molar-refractivity contribution in [1.29, 1.82) is 0 Å². The molecule has 2 aromatic carbocycles. The lowest BCUT2D eigenvalue weighted by Gasteiger charge is -2.24. The number of anilines is 1. The van der Waals surface area contributed by atoms with E-state index in [-0.39, 0.29) is 25.2 Å². The highest BCUT2D eigenvalue weighted by molar-refractivity contribution is 7.11. The number of hydrogen-bond donors (Lipinski definition) is 0. The van der Waals surface area contributed by atoms with E-state index in [1.807, 2.05) is 71.8 Å². The van der Waals surface area contributed by atoms with Crippen LogP contribution in [-0.2, 0) is 16.1 Å². The van der Waals surface area contributed by atoms with Gasteiger partial charge in [-0.3, -0.25) is 14.5 Å². The topological polar surface area (TPSA) is 59.1 Å². The van der Waals surface area contributed by atoms with Gasteiger partial charge in [0.25, 0.3) is 11.8 Å². The second kappa shape index (κ2) is 7.92. The van der Waals surface area contributed by atoms with Crippen LogP contribution in [0.1, 0.15) is 17.4 Å². The molecule has 0 N–H and O–H groups in total. The maximum atomic E-state index is 13.6. The number of benzene rings is 2. The lowest BCUT2D eigenvalue weighted by atomic mass is 10.1. The summed E-state index contributed by atoms with van der Waals surface area (Å²) in [6, 6.07) is 18.9. The second-order valence-corrected chi connectivity index (χ2v) is 8.11. The van der Waals surface area contributed by atoms with Crippen LogP contribution in [0.2, 0.25) is 0 Å². The third kappa shape index (κ3) is 3.37. The fraction of sp³-hybridized carbons (Fsp3) is 0.167. The molecule has 2 aliphatic heterocycles. The number of imide groups is 1. The van der Waals surface area contributed by atoms with Crippen LogP contribution in [-0.4, -0.2) is 30.1 Å². The number of hydrogen-bond acceptors (Lipinski definition) is 6. The van der Waals surface area contributed by atoms with E-state index >= 15 is 0 Å². The minimum absolute atomic E-state index is 0.166. The molecule has 0 bridgehead atoms. The molecule has 0 radical (unpaired) electrons. The predicted molar refractivity (Wildman–Crippen MR) is 119 cm³/mol. The molecule has 6 nitrogen and oxygen atoms in total. The number of carbonyl (C=O) groups is 2. The summed E-state index contributed by atoms with van der Waals surface area (Å²) in [5, 5.41) is 1.91. The van der Waals surface area contributed by atoms with E-state index in [9.17, 15) is 9.59 Å². The summed E-state index contributed by atoms with van der Waals surface area (Å²) < 4.78 is 10.8. The molecule has 2 amide bonds.